The predicted octanol–water partition coefficient (Wildman–Crippen LogP) is 2.11. The van der Waals surface area contributed by atoms with Gasteiger partial charge in [0.1, 0.15) is 5.76 Å². The van der Waals surface area contributed by atoms with E-state index in [0.717, 1.165) is 30.5 Å². The van der Waals surface area contributed by atoms with E-state index in [-0.39, 0.29) is 0 Å². The molecule has 1 saturated heterocycles. The van der Waals surface area contributed by atoms with Gasteiger partial charge >= 0.3 is 0 Å². The van der Waals surface area contributed by atoms with Gasteiger partial charge in [-0.2, -0.15) is 0 Å². The number of nitrogens with one attached hydrogen (secondary N) is 1. The monoisotopic (exact) mass is 251 g/mol. The lowest BCUT2D eigenvalue weighted by atomic mass is 9.94. The van der Waals surface area contributed by atoms with Gasteiger partial charge in [-0.25, -0.2) is 0 Å². The molecule has 102 valence electrons. The Kier molecular flexibility index (Phi) is 4.78. The Hall–Kier alpha value is -0.870. The smallest absolute Gasteiger partial charge is 0.138 e. The van der Waals surface area contributed by atoms with Crippen molar-refractivity contribution in [3.8, 4) is 0 Å². The third-order valence-electron chi connectivity index (χ3n) is 4.05. The van der Waals surface area contributed by atoms with E-state index in [2.05, 4.69) is 22.4 Å². The first kappa shape index (κ1) is 13.6. The summed E-state index contributed by atoms with van der Waals surface area (Å²) in [6.45, 7) is 8.48. The van der Waals surface area contributed by atoms with Crippen molar-refractivity contribution >= 4 is 0 Å². The number of piperidine rings is 1. The van der Waals surface area contributed by atoms with E-state index in [0.29, 0.717) is 0 Å². The Balaban J connectivity index is 1.64. The summed E-state index contributed by atoms with van der Waals surface area (Å²) in [5.41, 5.74) is 2.23. The van der Waals surface area contributed by atoms with Gasteiger partial charge in [0.2, 0.25) is 0 Å². The SMILES string of the molecule is Cc1noc(C)c1CNCCC1CCN(C)CC1. The fourth-order valence-electron chi connectivity index (χ4n) is 2.62. The molecule has 18 heavy (non-hydrogen) atoms. The summed E-state index contributed by atoms with van der Waals surface area (Å²) >= 11 is 0. The number of aryl methyl sites for hydroxylation is 2. The lowest BCUT2D eigenvalue weighted by Gasteiger charge is -2.28. The lowest BCUT2D eigenvalue weighted by molar-refractivity contribution is 0.211. The normalized spacial score (nSPS) is 18.4. The number of hydrogen-bond acceptors (Lipinski definition) is 4. The summed E-state index contributed by atoms with van der Waals surface area (Å²) in [7, 11) is 2.21. The van der Waals surface area contributed by atoms with Gasteiger partial charge in [-0.1, -0.05) is 5.16 Å². The molecule has 4 heteroatoms. The molecule has 0 unspecified atom stereocenters. The molecular weight excluding hydrogens is 226 g/mol. The molecule has 4 nitrogen and oxygen atoms in total. The molecule has 1 aliphatic rings. The molecule has 0 bridgehead atoms. The first-order valence-electron chi connectivity index (χ1n) is 6.98. The minimum Gasteiger partial charge on any atom is -0.361 e. The van der Waals surface area contributed by atoms with Crippen LogP contribution in [0.5, 0.6) is 0 Å². The zero-order valence-corrected chi connectivity index (χ0v) is 11.8. The molecule has 1 aromatic heterocycles. The van der Waals surface area contributed by atoms with Crippen molar-refractivity contribution in [1.29, 1.82) is 0 Å². The molecule has 1 aromatic rings. The van der Waals surface area contributed by atoms with E-state index in [1.807, 2.05) is 13.8 Å². The summed E-state index contributed by atoms with van der Waals surface area (Å²) in [6.07, 6.45) is 3.99. The fourth-order valence-corrected chi connectivity index (χ4v) is 2.62. The standard InChI is InChI=1S/C14H25N3O/c1-11-14(12(2)18-16-11)10-15-7-4-13-5-8-17(3)9-6-13/h13,15H,4-10H2,1-3H3. The Morgan fingerprint density at radius 2 is 2.06 bits per heavy atom. The van der Waals surface area contributed by atoms with Crippen molar-refractivity contribution in [3.05, 3.63) is 17.0 Å². The van der Waals surface area contributed by atoms with E-state index < -0.39 is 0 Å². The van der Waals surface area contributed by atoms with E-state index in [1.165, 1.54) is 37.9 Å². The van der Waals surface area contributed by atoms with Gasteiger partial charge in [-0.05, 0) is 65.7 Å². The quantitative estimate of drug-likeness (QED) is 0.814. The maximum Gasteiger partial charge on any atom is 0.138 e. The highest BCUT2D eigenvalue weighted by Gasteiger charge is 2.16. The number of hydrogen-bond donors (Lipinski definition) is 1. The number of aromatic nitrogens is 1. The van der Waals surface area contributed by atoms with Crippen LogP contribution in [0.3, 0.4) is 0 Å². The van der Waals surface area contributed by atoms with E-state index in [4.69, 9.17) is 4.52 Å². The zero-order valence-electron chi connectivity index (χ0n) is 11.8. The molecule has 1 N–H and O–H groups in total. The van der Waals surface area contributed by atoms with Crippen LogP contribution in [0.2, 0.25) is 0 Å². The van der Waals surface area contributed by atoms with Gasteiger partial charge in [0, 0.05) is 12.1 Å². The Bertz CT molecular complexity index is 348. The van der Waals surface area contributed by atoms with Crippen LogP contribution < -0.4 is 5.32 Å². The number of nitrogens with zero attached hydrogens (tertiary/aromatic N) is 2. The maximum atomic E-state index is 5.16. The van der Waals surface area contributed by atoms with Crippen molar-refractivity contribution in [2.45, 2.75) is 39.7 Å². The molecule has 0 amide bonds. The minimum absolute atomic E-state index is 0.883. The highest BCUT2D eigenvalue weighted by Crippen LogP contribution is 2.19. The minimum atomic E-state index is 0.883. The van der Waals surface area contributed by atoms with Crippen LogP contribution in [0.4, 0.5) is 0 Å². The van der Waals surface area contributed by atoms with Crippen LogP contribution in [0.1, 0.15) is 36.3 Å². The average Bonchev–Trinajstić information content (AvgIpc) is 2.68. The first-order valence-corrected chi connectivity index (χ1v) is 6.98. The Morgan fingerprint density at radius 1 is 1.33 bits per heavy atom. The van der Waals surface area contributed by atoms with Crippen LogP contribution in [-0.2, 0) is 6.54 Å². The maximum absolute atomic E-state index is 5.16. The Morgan fingerprint density at radius 3 is 2.67 bits per heavy atom. The van der Waals surface area contributed by atoms with Gasteiger partial charge in [-0.15, -0.1) is 0 Å². The average molecular weight is 251 g/mol. The molecule has 0 atom stereocenters. The summed E-state index contributed by atoms with van der Waals surface area (Å²) in [5.74, 6) is 1.85. The summed E-state index contributed by atoms with van der Waals surface area (Å²) in [6, 6.07) is 0. The summed E-state index contributed by atoms with van der Waals surface area (Å²) in [5, 5.41) is 7.49. The van der Waals surface area contributed by atoms with Crippen LogP contribution >= 0.6 is 0 Å². The van der Waals surface area contributed by atoms with Crippen molar-refractivity contribution in [3.63, 3.8) is 0 Å². The first-order chi connectivity index (χ1) is 8.66. The van der Waals surface area contributed by atoms with Gasteiger partial charge in [0.05, 0.1) is 5.69 Å². The number of rotatable bonds is 5. The summed E-state index contributed by atoms with van der Waals surface area (Å²) in [4.78, 5) is 2.42. The van der Waals surface area contributed by atoms with Crippen LogP contribution in [0, 0.1) is 19.8 Å². The van der Waals surface area contributed by atoms with Crippen LogP contribution in [-0.4, -0.2) is 36.7 Å². The summed E-state index contributed by atoms with van der Waals surface area (Å²) < 4.78 is 5.16. The second kappa shape index (κ2) is 6.34. The van der Waals surface area contributed by atoms with Crippen LogP contribution in [0.15, 0.2) is 4.52 Å². The van der Waals surface area contributed by atoms with E-state index in [1.54, 1.807) is 0 Å². The van der Waals surface area contributed by atoms with E-state index >= 15 is 0 Å². The van der Waals surface area contributed by atoms with Gasteiger partial charge in [0.15, 0.2) is 0 Å². The fraction of sp³-hybridized carbons (Fsp3) is 0.786. The van der Waals surface area contributed by atoms with Gasteiger partial charge < -0.3 is 14.7 Å². The highest BCUT2D eigenvalue weighted by atomic mass is 16.5. The van der Waals surface area contributed by atoms with Gasteiger partial charge in [0.25, 0.3) is 0 Å². The molecule has 1 fully saturated rings. The lowest BCUT2D eigenvalue weighted by Crippen LogP contribution is -2.31. The second-order valence-corrected chi connectivity index (χ2v) is 5.51. The predicted molar refractivity (Wildman–Crippen MR) is 72.5 cm³/mol. The number of likely N-dealkylation sites (tertiary alicyclic amines) is 1. The second-order valence-electron chi connectivity index (χ2n) is 5.51. The largest absolute Gasteiger partial charge is 0.361 e. The zero-order chi connectivity index (χ0) is 13.0. The van der Waals surface area contributed by atoms with Crippen LogP contribution in [0.25, 0.3) is 0 Å². The highest BCUT2D eigenvalue weighted by molar-refractivity contribution is 5.20. The third kappa shape index (κ3) is 3.56. The molecule has 0 saturated carbocycles. The van der Waals surface area contributed by atoms with Gasteiger partial charge in [-0.3, -0.25) is 0 Å². The molecule has 0 radical (unpaired) electrons. The van der Waals surface area contributed by atoms with Crippen molar-refractivity contribution in [1.82, 2.24) is 15.4 Å². The van der Waals surface area contributed by atoms with Crippen molar-refractivity contribution < 1.29 is 4.52 Å². The molecule has 2 heterocycles. The van der Waals surface area contributed by atoms with Crippen molar-refractivity contribution in [2.24, 2.45) is 5.92 Å². The molecular formula is C14H25N3O. The molecule has 2 rings (SSSR count). The molecule has 0 spiro atoms. The molecule has 1 aliphatic heterocycles. The van der Waals surface area contributed by atoms with Crippen molar-refractivity contribution in [2.75, 3.05) is 26.7 Å². The Labute approximate surface area is 110 Å². The topological polar surface area (TPSA) is 41.3 Å². The third-order valence-corrected chi connectivity index (χ3v) is 4.05. The molecule has 0 aliphatic carbocycles. The van der Waals surface area contributed by atoms with E-state index in [9.17, 15) is 0 Å². The molecule has 0 aromatic carbocycles.